The summed E-state index contributed by atoms with van der Waals surface area (Å²) < 4.78 is 6.28. The molecule has 5 rings (SSSR count). The van der Waals surface area contributed by atoms with Crippen molar-refractivity contribution in [2.75, 3.05) is 19.7 Å². The van der Waals surface area contributed by atoms with Crippen molar-refractivity contribution < 1.29 is 4.74 Å². The van der Waals surface area contributed by atoms with E-state index in [0.717, 1.165) is 43.4 Å². The third kappa shape index (κ3) is 1.39. The summed E-state index contributed by atoms with van der Waals surface area (Å²) in [5, 5.41) is 3.58. The van der Waals surface area contributed by atoms with Gasteiger partial charge in [-0.25, -0.2) is 0 Å². The molecule has 0 unspecified atom stereocenters. The molecule has 0 aromatic heterocycles. The van der Waals surface area contributed by atoms with Crippen LogP contribution in [-0.2, 0) is 4.74 Å². The topological polar surface area (TPSA) is 21.3 Å². The van der Waals surface area contributed by atoms with Crippen LogP contribution in [0.3, 0.4) is 0 Å². The molecule has 1 saturated heterocycles. The molecule has 1 spiro atoms. The number of ether oxygens (including phenoxy) is 1. The highest BCUT2D eigenvalue weighted by Crippen LogP contribution is 2.59. The number of rotatable bonds is 0. The van der Waals surface area contributed by atoms with Gasteiger partial charge in [-0.15, -0.1) is 12.4 Å². The normalized spacial score (nSPS) is 54.0. The van der Waals surface area contributed by atoms with E-state index in [0.29, 0.717) is 0 Å². The number of hydrogen-bond acceptors (Lipinski definition) is 2. The molecule has 0 atom stereocenters. The van der Waals surface area contributed by atoms with E-state index in [2.05, 4.69) is 5.32 Å². The number of morpholine rings is 1. The van der Waals surface area contributed by atoms with Gasteiger partial charge in [-0.2, -0.15) is 0 Å². The van der Waals surface area contributed by atoms with Crippen LogP contribution in [0, 0.1) is 23.7 Å². The zero-order valence-electron chi connectivity index (χ0n) is 9.78. The first-order valence-corrected chi connectivity index (χ1v) is 6.71. The maximum absolute atomic E-state index is 6.28. The second-order valence-corrected chi connectivity index (χ2v) is 6.28. The second-order valence-electron chi connectivity index (χ2n) is 6.28. The third-order valence-electron chi connectivity index (χ3n) is 5.57. The highest BCUT2D eigenvalue weighted by Gasteiger charge is 2.58. The molecule has 0 aromatic rings. The quantitative estimate of drug-likeness (QED) is 0.705. The number of nitrogens with one attached hydrogen (secondary N) is 1. The fourth-order valence-corrected chi connectivity index (χ4v) is 5.15. The van der Waals surface area contributed by atoms with Gasteiger partial charge in [0.05, 0.1) is 12.2 Å². The average Bonchev–Trinajstić information content (AvgIpc) is 2.26. The molecule has 0 amide bonds. The Labute approximate surface area is 104 Å². The molecule has 2 nitrogen and oxygen atoms in total. The van der Waals surface area contributed by atoms with E-state index in [1.54, 1.807) is 0 Å². The lowest BCUT2D eigenvalue weighted by Gasteiger charge is -2.61. The molecule has 1 heterocycles. The molecule has 5 aliphatic rings. The molecule has 92 valence electrons. The van der Waals surface area contributed by atoms with Crippen molar-refractivity contribution in [1.82, 2.24) is 5.32 Å². The zero-order valence-corrected chi connectivity index (χ0v) is 10.6. The summed E-state index contributed by atoms with van der Waals surface area (Å²) >= 11 is 0. The molecular formula is C13H22ClNO. The van der Waals surface area contributed by atoms with E-state index in [1.807, 2.05) is 0 Å². The van der Waals surface area contributed by atoms with E-state index in [1.165, 1.54) is 32.1 Å². The minimum Gasteiger partial charge on any atom is -0.372 e. The van der Waals surface area contributed by atoms with E-state index in [-0.39, 0.29) is 18.0 Å². The highest BCUT2D eigenvalue weighted by molar-refractivity contribution is 5.85. The van der Waals surface area contributed by atoms with Crippen LogP contribution >= 0.6 is 12.4 Å². The summed E-state index contributed by atoms with van der Waals surface area (Å²) in [6, 6.07) is 0. The van der Waals surface area contributed by atoms with Crippen molar-refractivity contribution in [2.45, 2.75) is 37.7 Å². The smallest absolute Gasteiger partial charge is 0.0863 e. The third-order valence-corrected chi connectivity index (χ3v) is 5.57. The lowest BCUT2D eigenvalue weighted by atomic mass is 9.49. The Morgan fingerprint density at radius 2 is 1.56 bits per heavy atom. The Kier molecular flexibility index (Phi) is 2.73. The molecule has 16 heavy (non-hydrogen) atoms. The van der Waals surface area contributed by atoms with Gasteiger partial charge in [-0.05, 0) is 55.8 Å². The van der Waals surface area contributed by atoms with Crippen molar-refractivity contribution in [3.63, 3.8) is 0 Å². The van der Waals surface area contributed by atoms with Gasteiger partial charge in [0.15, 0.2) is 0 Å². The van der Waals surface area contributed by atoms with Gasteiger partial charge in [0, 0.05) is 13.1 Å². The summed E-state index contributed by atoms with van der Waals surface area (Å²) in [6.45, 7) is 3.15. The zero-order chi connectivity index (χ0) is 9.88. The van der Waals surface area contributed by atoms with Crippen LogP contribution in [0.25, 0.3) is 0 Å². The van der Waals surface area contributed by atoms with E-state index >= 15 is 0 Å². The van der Waals surface area contributed by atoms with Gasteiger partial charge in [0.2, 0.25) is 0 Å². The first-order chi connectivity index (χ1) is 7.37. The van der Waals surface area contributed by atoms with Crippen molar-refractivity contribution in [1.29, 1.82) is 0 Å². The maximum Gasteiger partial charge on any atom is 0.0863 e. The summed E-state index contributed by atoms with van der Waals surface area (Å²) in [5.41, 5.74) is 0.270. The van der Waals surface area contributed by atoms with Crippen molar-refractivity contribution in [2.24, 2.45) is 23.7 Å². The summed E-state index contributed by atoms with van der Waals surface area (Å²) in [7, 11) is 0. The fraction of sp³-hybridized carbons (Fsp3) is 1.00. The first-order valence-electron chi connectivity index (χ1n) is 6.71. The monoisotopic (exact) mass is 243 g/mol. The summed E-state index contributed by atoms with van der Waals surface area (Å²) in [6.07, 6.45) is 7.41. The van der Waals surface area contributed by atoms with E-state index in [9.17, 15) is 0 Å². The largest absolute Gasteiger partial charge is 0.372 e. The minimum atomic E-state index is 0. The molecule has 4 aliphatic carbocycles. The summed E-state index contributed by atoms with van der Waals surface area (Å²) in [4.78, 5) is 0. The van der Waals surface area contributed by atoms with Gasteiger partial charge in [0.25, 0.3) is 0 Å². The molecular weight excluding hydrogens is 222 g/mol. The second kappa shape index (κ2) is 3.86. The average molecular weight is 244 g/mol. The van der Waals surface area contributed by atoms with Crippen molar-refractivity contribution >= 4 is 12.4 Å². The standard InChI is InChI=1S/C13H21NO.ClH/c1-2-15-13(8-14-1)11-4-9-3-10(6-11)7-12(13)5-9;/h9-12,14H,1-8H2;1H. The Bertz CT molecular complexity index is 245. The highest BCUT2D eigenvalue weighted by atomic mass is 35.5. The molecule has 1 aliphatic heterocycles. The lowest BCUT2D eigenvalue weighted by Crippen LogP contribution is -2.65. The van der Waals surface area contributed by atoms with Crippen molar-refractivity contribution in [3.05, 3.63) is 0 Å². The Balaban J connectivity index is 0.000000810. The van der Waals surface area contributed by atoms with Gasteiger partial charge in [0.1, 0.15) is 0 Å². The molecule has 3 heteroatoms. The first kappa shape index (κ1) is 11.3. The van der Waals surface area contributed by atoms with Crippen LogP contribution in [0.1, 0.15) is 32.1 Å². The predicted octanol–water partition coefficient (Wildman–Crippen LogP) is 2.22. The molecule has 4 saturated carbocycles. The Hall–Kier alpha value is 0.210. The molecule has 4 bridgehead atoms. The van der Waals surface area contributed by atoms with Crippen LogP contribution in [0.5, 0.6) is 0 Å². The fourth-order valence-electron chi connectivity index (χ4n) is 5.15. The van der Waals surface area contributed by atoms with Crippen LogP contribution < -0.4 is 5.32 Å². The predicted molar refractivity (Wildman–Crippen MR) is 65.8 cm³/mol. The van der Waals surface area contributed by atoms with Crippen LogP contribution in [-0.4, -0.2) is 25.3 Å². The molecule has 0 aromatic carbocycles. The van der Waals surface area contributed by atoms with Crippen LogP contribution in [0.15, 0.2) is 0 Å². The van der Waals surface area contributed by atoms with Gasteiger partial charge < -0.3 is 10.1 Å². The number of hydrogen-bond donors (Lipinski definition) is 1. The lowest BCUT2D eigenvalue weighted by molar-refractivity contribution is -0.212. The molecule has 5 fully saturated rings. The van der Waals surface area contributed by atoms with Crippen LogP contribution in [0.4, 0.5) is 0 Å². The van der Waals surface area contributed by atoms with E-state index in [4.69, 9.17) is 4.74 Å². The van der Waals surface area contributed by atoms with Crippen molar-refractivity contribution in [3.8, 4) is 0 Å². The summed E-state index contributed by atoms with van der Waals surface area (Å²) in [5.74, 6) is 3.90. The SMILES string of the molecule is C1COC2(CN1)C1CC3CC(C1)CC2C3.Cl. The maximum atomic E-state index is 6.28. The van der Waals surface area contributed by atoms with Gasteiger partial charge in [-0.3, -0.25) is 0 Å². The van der Waals surface area contributed by atoms with Gasteiger partial charge >= 0.3 is 0 Å². The van der Waals surface area contributed by atoms with Gasteiger partial charge in [-0.1, -0.05) is 0 Å². The minimum absolute atomic E-state index is 0. The Morgan fingerprint density at radius 3 is 2.06 bits per heavy atom. The Morgan fingerprint density at radius 1 is 0.938 bits per heavy atom. The number of halogens is 1. The molecule has 0 radical (unpaired) electrons. The van der Waals surface area contributed by atoms with E-state index < -0.39 is 0 Å². The molecule has 1 N–H and O–H groups in total. The van der Waals surface area contributed by atoms with Crippen LogP contribution in [0.2, 0.25) is 0 Å².